The van der Waals surface area contributed by atoms with Gasteiger partial charge in [-0.15, -0.1) is 0 Å². The first kappa shape index (κ1) is 11.1. The van der Waals surface area contributed by atoms with E-state index in [0.29, 0.717) is 24.0 Å². The van der Waals surface area contributed by atoms with Gasteiger partial charge in [0.05, 0.1) is 0 Å². The lowest BCUT2D eigenvalue weighted by atomic mass is 9.89. The highest BCUT2D eigenvalue weighted by Crippen LogP contribution is 2.56. The molecule has 17 heavy (non-hydrogen) atoms. The van der Waals surface area contributed by atoms with Gasteiger partial charge in [-0.1, -0.05) is 0 Å². The number of nitrogens with two attached hydrogens (primary N) is 1. The van der Waals surface area contributed by atoms with E-state index in [2.05, 4.69) is 0 Å². The maximum Gasteiger partial charge on any atom is 0.133 e. The minimum Gasteiger partial charge on any atom is -0.324 e. The summed E-state index contributed by atoms with van der Waals surface area (Å²) in [7, 11) is 0. The highest BCUT2D eigenvalue weighted by Gasteiger charge is 2.48. The Bertz CT molecular complexity index is 427. The summed E-state index contributed by atoms with van der Waals surface area (Å²) in [4.78, 5) is 0. The summed E-state index contributed by atoms with van der Waals surface area (Å²) >= 11 is 0. The van der Waals surface area contributed by atoms with Crippen LogP contribution in [0.3, 0.4) is 0 Å². The van der Waals surface area contributed by atoms with E-state index in [1.165, 1.54) is 6.42 Å². The molecule has 0 amide bonds. The van der Waals surface area contributed by atoms with E-state index in [4.69, 9.17) is 5.73 Å². The molecule has 1 aromatic rings. The third-order valence-corrected chi connectivity index (χ3v) is 4.17. The lowest BCUT2D eigenvalue weighted by Gasteiger charge is -2.22. The Hall–Kier alpha value is -1.03. The van der Waals surface area contributed by atoms with Gasteiger partial charge in [-0.05, 0) is 37.0 Å². The molecule has 4 heteroatoms. The van der Waals surface area contributed by atoms with Gasteiger partial charge in [0.25, 0.3) is 0 Å². The number of halogens is 3. The molecular weight excluding hydrogens is 227 g/mol. The zero-order valence-electron chi connectivity index (χ0n) is 9.30. The molecule has 1 aromatic carbocycles. The van der Waals surface area contributed by atoms with Gasteiger partial charge in [0, 0.05) is 23.7 Å². The standard InChI is InChI=1S/C13H14F3N/c14-9-4-10(15)12(11(16)5-9)13(17)8-2-6-1-7(6)3-8/h4-8,13H,1-3,17H2. The highest BCUT2D eigenvalue weighted by molar-refractivity contribution is 5.25. The van der Waals surface area contributed by atoms with Gasteiger partial charge in [0.1, 0.15) is 17.5 Å². The first-order valence-electron chi connectivity index (χ1n) is 5.96. The predicted octanol–water partition coefficient (Wildman–Crippen LogP) is 3.15. The van der Waals surface area contributed by atoms with Gasteiger partial charge in [0.15, 0.2) is 0 Å². The van der Waals surface area contributed by atoms with Crippen LogP contribution in [0.5, 0.6) is 0 Å². The van der Waals surface area contributed by atoms with Crippen LogP contribution in [0.2, 0.25) is 0 Å². The van der Waals surface area contributed by atoms with Crippen molar-refractivity contribution in [2.75, 3.05) is 0 Å². The summed E-state index contributed by atoms with van der Waals surface area (Å²) in [6, 6.07) is 0.755. The van der Waals surface area contributed by atoms with E-state index < -0.39 is 23.5 Å². The number of benzene rings is 1. The maximum atomic E-state index is 13.6. The van der Waals surface area contributed by atoms with Gasteiger partial charge in [-0.2, -0.15) is 0 Å². The van der Waals surface area contributed by atoms with Crippen LogP contribution in [0.1, 0.15) is 30.9 Å². The Morgan fingerprint density at radius 2 is 1.53 bits per heavy atom. The summed E-state index contributed by atoms with van der Waals surface area (Å²) in [5, 5.41) is 0. The smallest absolute Gasteiger partial charge is 0.133 e. The molecule has 0 aliphatic heterocycles. The quantitative estimate of drug-likeness (QED) is 0.845. The fourth-order valence-electron chi connectivity index (χ4n) is 3.16. The zero-order valence-corrected chi connectivity index (χ0v) is 9.30. The molecule has 0 spiro atoms. The van der Waals surface area contributed by atoms with Crippen molar-refractivity contribution in [1.82, 2.24) is 0 Å². The summed E-state index contributed by atoms with van der Waals surface area (Å²) < 4.78 is 39.9. The second-order valence-electron chi connectivity index (χ2n) is 5.30. The largest absolute Gasteiger partial charge is 0.324 e. The molecule has 0 aromatic heterocycles. The van der Waals surface area contributed by atoms with E-state index in [1.807, 2.05) is 0 Å². The Labute approximate surface area is 97.8 Å². The summed E-state index contributed by atoms with van der Waals surface area (Å²) in [5.74, 6) is -1.08. The van der Waals surface area contributed by atoms with Crippen molar-refractivity contribution in [3.63, 3.8) is 0 Å². The molecule has 2 fully saturated rings. The van der Waals surface area contributed by atoms with Crippen molar-refractivity contribution < 1.29 is 13.2 Å². The van der Waals surface area contributed by atoms with Gasteiger partial charge in [-0.25, -0.2) is 13.2 Å². The predicted molar refractivity (Wildman–Crippen MR) is 57.6 cm³/mol. The molecule has 2 aliphatic carbocycles. The number of hydrogen-bond acceptors (Lipinski definition) is 1. The van der Waals surface area contributed by atoms with Gasteiger partial charge in [-0.3, -0.25) is 0 Å². The highest BCUT2D eigenvalue weighted by atomic mass is 19.1. The van der Waals surface area contributed by atoms with Crippen molar-refractivity contribution in [2.24, 2.45) is 23.5 Å². The fourth-order valence-corrected chi connectivity index (χ4v) is 3.16. The third kappa shape index (κ3) is 1.84. The minimum absolute atomic E-state index is 0.133. The van der Waals surface area contributed by atoms with Crippen molar-refractivity contribution in [3.8, 4) is 0 Å². The molecule has 0 bridgehead atoms. The molecule has 0 radical (unpaired) electrons. The topological polar surface area (TPSA) is 26.0 Å². The maximum absolute atomic E-state index is 13.6. The number of rotatable bonds is 2. The first-order chi connectivity index (χ1) is 8.06. The number of fused-ring (bicyclic) bond motifs is 1. The molecule has 2 saturated carbocycles. The monoisotopic (exact) mass is 241 g/mol. The minimum atomic E-state index is -0.898. The van der Waals surface area contributed by atoms with Crippen LogP contribution in [-0.2, 0) is 0 Å². The second-order valence-corrected chi connectivity index (χ2v) is 5.30. The van der Waals surface area contributed by atoms with E-state index in [9.17, 15) is 13.2 Å². The molecule has 3 rings (SSSR count). The third-order valence-electron chi connectivity index (χ3n) is 4.17. The van der Waals surface area contributed by atoms with Gasteiger partial charge >= 0.3 is 0 Å². The second kappa shape index (κ2) is 3.73. The van der Waals surface area contributed by atoms with E-state index in [0.717, 1.165) is 12.8 Å². The molecular formula is C13H14F3N. The van der Waals surface area contributed by atoms with Crippen LogP contribution in [0.15, 0.2) is 12.1 Å². The number of hydrogen-bond donors (Lipinski definition) is 1. The van der Waals surface area contributed by atoms with E-state index in [-0.39, 0.29) is 11.5 Å². The van der Waals surface area contributed by atoms with Crippen molar-refractivity contribution in [1.29, 1.82) is 0 Å². The molecule has 0 heterocycles. The Kier molecular flexibility index (Phi) is 2.43. The summed E-state index contributed by atoms with van der Waals surface area (Å²) in [6.45, 7) is 0. The van der Waals surface area contributed by atoms with Crippen molar-refractivity contribution >= 4 is 0 Å². The van der Waals surface area contributed by atoms with Crippen LogP contribution in [0, 0.1) is 35.2 Å². The molecule has 2 N–H and O–H groups in total. The average molecular weight is 241 g/mol. The Morgan fingerprint density at radius 3 is 2.06 bits per heavy atom. The van der Waals surface area contributed by atoms with Crippen molar-refractivity contribution in [2.45, 2.75) is 25.3 Å². The van der Waals surface area contributed by atoms with Crippen LogP contribution in [-0.4, -0.2) is 0 Å². The van der Waals surface area contributed by atoms with E-state index >= 15 is 0 Å². The SMILES string of the molecule is NC(c1c(F)cc(F)cc1F)C1CC2CC2C1. The molecule has 92 valence electrons. The molecule has 0 saturated heterocycles. The van der Waals surface area contributed by atoms with E-state index in [1.54, 1.807) is 0 Å². The molecule has 2 aliphatic rings. The van der Waals surface area contributed by atoms with Crippen LogP contribution >= 0.6 is 0 Å². The van der Waals surface area contributed by atoms with Crippen molar-refractivity contribution in [3.05, 3.63) is 35.1 Å². The lowest BCUT2D eigenvalue weighted by Crippen LogP contribution is -2.23. The molecule has 1 nitrogen and oxygen atoms in total. The normalized spacial score (nSPS) is 32.4. The van der Waals surface area contributed by atoms with Gasteiger partial charge in [0.2, 0.25) is 0 Å². The first-order valence-corrected chi connectivity index (χ1v) is 5.96. The zero-order chi connectivity index (χ0) is 12.2. The Balaban J connectivity index is 1.87. The summed E-state index contributed by atoms with van der Waals surface area (Å²) in [6.07, 6.45) is 3.13. The van der Waals surface area contributed by atoms with Crippen LogP contribution in [0.4, 0.5) is 13.2 Å². The lowest BCUT2D eigenvalue weighted by molar-refractivity contribution is 0.377. The van der Waals surface area contributed by atoms with Gasteiger partial charge < -0.3 is 5.73 Å². The molecule has 3 unspecified atom stereocenters. The fraction of sp³-hybridized carbons (Fsp3) is 0.538. The molecule has 3 atom stereocenters. The average Bonchev–Trinajstić information content (AvgIpc) is 2.84. The van der Waals surface area contributed by atoms with Crippen LogP contribution in [0.25, 0.3) is 0 Å². The summed E-state index contributed by atoms with van der Waals surface area (Å²) in [5.41, 5.74) is 5.78. The van der Waals surface area contributed by atoms with Crippen LogP contribution < -0.4 is 5.73 Å². The Morgan fingerprint density at radius 1 is 1.00 bits per heavy atom.